The van der Waals surface area contributed by atoms with Gasteiger partial charge in [0.1, 0.15) is 11.0 Å². The maximum atomic E-state index is 5.78. The zero-order valence-corrected chi connectivity index (χ0v) is 17.9. The molecule has 0 unspecified atom stereocenters. The Labute approximate surface area is 179 Å². The molecule has 0 saturated heterocycles. The fraction of sp³-hybridized carbons (Fsp3) is 0.294. The van der Waals surface area contributed by atoms with Crippen LogP contribution in [0.3, 0.4) is 0 Å². The summed E-state index contributed by atoms with van der Waals surface area (Å²) < 4.78 is 5.28. The fourth-order valence-electron chi connectivity index (χ4n) is 2.32. The van der Waals surface area contributed by atoms with E-state index in [-0.39, 0.29) is 24.0 Å². The number of furan rings is 1. The normalized spacial score (nSPS) is 11.1. The van der Waals surface area contributed by atoms with Crippen LogP contribution in [0.25, 0.3) is 11.6 Å². The molecule has 3 heterocycles. The van der Waals surface area contributed by atoms with Crippen LogP contribution in [0.5, 0.6) is 0 Å². The summed E-state index contributed by atoms with van der Waals surface area (Å²) in [6.45, 7) is 1.42. The van der Waals surface area contributed by atoms with Gasteiger partial charge in [-0.05, 0) is 30.2 Å². The zero-order chi connectivity index (χ0) is 18.2. The van der Waals surface area contributed by atoms with Gasteiger partial charge in [-0.25, -0.2) is 9.97 Å². The minimum absolute atomic E-state index is 0. The van der Waals surface area contributed by atoms with Gasteiger partial charge < -0.3 is 15.1 Å². The molecule has 0 aliphatic rings. The summed E-state index contributed by atoms with van der Waals surface area (Å²) in [5.74, 6) is 2.72. The Hall–Kier alpha value is -2.14. The highest BCUT2D eigenvalue weighted by molar-refractivity contribution is 14.0. The number of nitrogens with zero attached hydrogens (tertiary/aromatic N) is 4. The van der Waals surface area contributed by atoms with Crippen molar-refractivity contribution in [2.45, 2.75) is 12.8 Å². The van der Waals surface area contributed by atoms with E-state index in [1.165, 1.54) is 0 Å². The van der Waals surface area contributed by atoms with Gasteiger partial charge in [-0.2, -0.15) is 5.10 Å². The van der Waals surface area contributed by atoms with E-state index in [0.717, 1.165) is 30.3 Å². The van der Waals surface area contributed by atoms with Crippen molar-refractivity contribution in [3.63, 3.8) is 0 Å². The van der Waals surface area contributed by atoms with Crippen molar-refractivity contribution < 1.29 is 4.42 Å². The molecule has 144 valence electrons. The number of aromatic nitrogens is 4. The standard InChI is InChI=1S/C17H20ClN7O.HI/c1-19-17(20-8-6-12-4-5-14(18)22-11-12)21-9-7-15-23-16(25-24-15)13-3-2-10-26-13;/h2-5,10-11H,6-9H2,1H3,(H2,19,20,21)(H,23,24,25);1H. The van der Waals surface area contributed by atoms with Gasteiger partial charge in [-0.1, -0.05) is 17.7 Å². The number of hydrogen-bond donors (Lipinski definition) is 3. The Morgan fingerprint density at radius 2 is 2.04 bits per heavy atom. The molecular weight excluding hydrogens is 481 g/mol. The molecule has 3 rings (SSSR count). The molecule has 0 bridgehead atoms. The maximum Gasteiger partial charge on any atom is 0.216 e. The van der Waals surface area contributed by atoms with E-state index in [2.05, 4.69) is 35.8 Å². The summed E-state index contributed by atoms with van der Waals surface area (Å²) in [7, 11) is 1.74. The third-order valence-corrected chi connectivity index (χ3v) is 3.87. The average molecular weight is 502 g/mol. The van der Waals surface area contributed by atoms with Crippen LogP contribution in [0.15, 0.2) is 46.1 Å². The Bertz CT molecular complexity index is 833. The molecule has 0 fully saturated rings. The van der Waals surface area contributed by atoms with Crippen LogP contribution in [0.2, 0.25) is 5.15 Å². The summed E-state index contributed by atoms with van der Waals surface area (Å²) in [5.41, 5.74) is 1.12. The fourth-order valence-corrected chi connectivity index (χ4v) is 2.43. The lowest BCUT2D eigenvalue weighted by atomic mass is 10.2. The van der Waals surface area contributed by atoms with Crippen molar-refractivity contribution in [1.29, 1.82) is 0 Å². The van der Waals surface area contributed by atoms with Gasteiger partial charge in [0.2, 0.25) is 5.82 Å². The second kappa shape index (κ2) is 10.9. The van der Waals surface area contributed by atoms with Gasteiger partial charge in [0.25, 0.3) is 0 Å². The van der Waals surface area contributed by atoms with Crippen molar-refractivity contribution in [2.75, 3.05) is 20.1 Å². The Morgan fingerprint density at radius 1 is 1.22 bits per heavy atom. The van der Waals surface area contributed by atoms with Gasteiger partial charge in [0.15, 0.2) is 11.7 Å². The lowest BCUT2D eigenvalue weighted by Gasteiger charge is -2.11. The van der Waals surface area contributed by atoms with E-state index in [9.17, 15) is 0 Å². The first-order chi connectivity index (χ1) is 12.7. The van der Waals surface area contributed by atoms with Crippen LogP contribution in [0.1, 0.15) is 11.4 Å². The molecule has 0 aliphatic heterocycles. The first kappa shape index (κ1) is 21.2. The minimum Gasteiger partial charge on any atom is -0.461 e. The number of H-pyrrole nitrogens is 1. The van der Waals surface area contributed by atoms with E-state index in [1.54, 1.807) is 25.6 Å². The van der Waals surface area contributed by atoms with Crippen molar-refractivity contribution >= 4 is 41.5 Å². The van der Waals surface area contributed by atoms with Crippen LogP contribution < -0.4 is 10.6 Å². The number of guanidine groups is 1. The number of halogens is 2. The molecule has 0 radical (unpaired) electrons. The molecule has 3 aromatic heterocycles. The van der Waals surface area contributed by atoms with E-state index in [1.807, 2.05) is 18.2 Å². The number of aliphatic imine (C=N–C) groups is 1. The van der Waals surface area contributed by atoms with E-state index in [0.29, 0.717) is 29.7 Å². The molecule has 0 atom stereocenters. The molecule has 3 N–H and O–H groups in total. The maximum absolute atomic E-state index is 5.78. The van der Waals surface area contributed by atoms with Crippen molar-refractivity contribution in [2.24, 2.45) is 4.99 Å². The lowest BCUT2D eigenvalue weighted by Crippen LogP contribution is -2.39. The number of pyridine rings is 1. The average Bonchev–Trinajstić information content (AvgIpc) is 3.33. The topological polar surface area (TPSA) is 104 Å². The second-order valence-corrected chi connectivity index (χ2v) is 5.89. The summed E-state index contributed by atoms with van der Waals surface area (Å²) in [6.07, 6.45) is 4.90. The van der Waals surface area contributed by atoms with E-state index in [4.69, 9.17) is 16.0 Å². The molecule has 27 heavy (non-hydrogen) atoms. The summed E-state index contributed by atoms with van der Waals surface area (Å²) in [5, 5.41) is 14.1. The monoisotopic (exact) mass is 501 g/mol. The Morgan fingerprint density at radius 3 is 2.70 bits per heavy atom. The van der Waals surface area contributed by atoms with E-state index < -0.39 is 0 Å². The van der Waals surface area contributed by atoms with Crippen LogP contribution >= 0.6 is 35.6 Å². The van der Waals surface area contributed by atoms with Crippen molar-refractivity contribution in [1.82, 2.24) is 30.8 Å². The van der Waals surface area contributed by atoms with Crippen LogP contribution in [0, 0.1) is 0 Å². The molecule has 0 saturated carbocycles. The van der Waals surface area contributed by atoms with Gasteiger partial charge in [-0.3, -0.25) is 10.1 Å². The smallest absolute Gasteiger partial charge is 0.216 e. The summed E-state index contributed by atoms with van der Waals surface area (Å²) in [4.78, 5) is 12.7. The largest absolute Gasteiger partial charge is 0.461 e. The van der Waals surface area contributed by atoms with Gasteiger partial charge in [0, 0.05) is 32.8 Å². The highest BCUT2D eigenvalue weighted by Gasteiger charge is 2.08. The molecule has 3 aromatic rings. The van der Waals surface area contributed by atoms with Gasteiger partial charge >= 0.3 is 0 Å². The third-order valence-electron chi connectivity index (χ3n) is 3.65. The Kier molecular flexibility index (Phi) is 8.52. The van der Waals surface area contributed by atoms with Crippen LogP contribution in [-0.2, 0) is 12.8 Å². The second-order valence-electron chi connectivity index (χ2n) is 5.50. The molecular formula is C17H21ClIN7O. The summed E-state index contributed by atoms with van der Waals surface area (Å²) >= 11 is 5.78. The first-order valence-electron chi connectivity index (χ1n) is 8.24. The van der Waals surface area contributed by atoms with Crippen LogP contribution in [0.4, 0.5) is 0 Å². The molecule has 0 amide bonds. The number of hydrogen-bond acceptors (Lipinski definition) is 5. The van der Waals surface area contributed by atoms with Crippen LogP contribution in [-0.4, -0.2) is 46.3 Å². The van der Waals surface area contributed by atoms with Gasteiger partial charge in [0.05, 0.1) is 6.26 Å². The highest BCUT2D eigenvalue weighted by atomic mass is 127. The van der Waals surface area contributed by atoms with Gasteiger partial charge in [-0.15, -0.1) is 24.0 Å². The predicted octanol–water partition coefficient (Wildman–Crippen LogP) is 2.68. The summed E-state index contributed by atoms with van der Waals surface area (Å²) in [6, 6.07) is 7.39. The number of nitrogens with one attached hydrogen (secondary N) is 3. The van der Waals surface area contributed by atoms with Crippen molar-refractivity contribution in [3.8, 4) is 11.6 Å². The minimum atomic E-state index is 0. The number of rotatable bonds is 7. The molecule has 0 spiro atoms. The quantitative estimate of drug-likeness (QED) is 0.199. The first-order valence-corrected chi connectivity index (χ1v) is 8.62. The zero-order valence-electron chi connectivity index (χ0n) is 14.8. The SMILES string of the molecule is CN=C(NCCc1ccc(Cl)nc1)NCCc1nc(-c2ccco2)n[nH]1.I. The number of aromatic amines is 1. The molecule has 10 heteroatoms. The Balaban J connectivity index is 0.00000261. The lowest BCUT2D eigenvalue weighted by molar-refractivity contribution is 0.577. The molecule has 0 aromatic carbocycles. The van der Waals surface area contributed by atoms with Crippen molar-refractivity contribution in [3.05, 3.63) is 53.3 Å². The van der Waals surface area contributed by atoms with E-state index >= 15 is 0 Å². The predicted molar refractivity (Wildman–Crippen MR) is 116 cm³/mol. The molecule has 8 nitrogen and oxygen atoms in total. The highest BCUT2D eigenvalue weighted by Crippen LogP contribution is 2.14. The molecule has 0 aliphatic carbocycles. The third kappa shape index (κ3) is 6.51.